The average molecular weight is 302 g/mol. The quantitative estimate of drug-likeness (QED) is 0.684. The van der Waals surface area contributed by atoms with Crippen LogP contribution in [-0.4, -0.2) is 27.4 Å². The highest BCUT2D eigenvalue weighted by molar-refractivity contribution is 7.53. The van der Waals surface area contributed by atoms with Crippen molar-refractivity contribution in [3.8, 4) is 11.5 Å². The maximum absolute atomic E-state index is 12.6. The fourth-order valence-electron chi connectivity index (χ4n) is 1.94. The highest BCUT2D eigenvalue weighted by atomic mass is 31.2. The maximum Gasteiger partial charge on any atom is 0.335 e. The molecule has 0 saturated heterocycles. The van der Waals surface area contributed by atoms with Crippen molar-refractivity contribution in [3.05, 3.63) is 23.3 Å². The van der Waals surface area contributed by atoms with Crippen LogP contribution in [0, 0.1) is 6.92 Å². The Bertz CT molecular complexity index is 477. The smallest absolute Gasteiger partial charge is 0.335 e. The van der Waals surface area contributed by atoms with E-state index in [2.05, 4.69) is 0 Å². The lowest BCUT2D eigenvalue weighted by atomic mass is 10.1. The molecule has 1 aromatic rings. The standard InChI is InChI=1S/C14H23O5P/c1-6-18-20(15,19-7-2)10-12-8-13(16-4)9-14(17-5)11(12)3/h8-9H,6-7,10H2,1-5H3. The summed E-state index contributed by atoms with van der Waals surface area (Å²) in [4.78, 5) is 0. The second kappa shape index (κ2) is 7.67. The van der Waals surface area contributed by atoms with E-state index >= 15 is 0 Å². The van der Waals surface area contributed by atoms with Gasteiger partial charge >= 0.3 is 7.60 Å². The molecular formula is C14H23O5P. The summed E-state index contributed by atoms with van der Waals surface area (Å²) in [6.45, 7) is 6.19. The molecule has 114 valence electrons. The van der Waals surface area contributed by atoms with Crippen molar-refractivity contribution in [2.45, 2.75) is 26.9 Å². The predicted octanol–water partition coefficient (Wildman–Crippen LogP) is 3.78. The van der Waals surface area contributed by atoms with Gasteiger partial charge in [-0.05, 0) is 38.0 Å². The highest BCUT2D eigenvalue weighted by Gasteiger charge is 2.26. The molecule has 0 heterocycles. The first-order chi connectivity index (χ1) is 9.49. The molecule has 0 aliphatic carbocycles. The Labute approximate surface area is 120 Å². The van der Waals surface area contributed by atoms with Crippen LogP contribution in [0.3, 0.4) is 0 Å². The van der Waals surface area contributed by atoms with E-state index in [-0.39, 0.29) is 6.16 Å². The summed E-state index contributed by atoms with van der Waals surface area (Å²) in [5.41, 5.74) is 1.75. The monoisotopic (exact) mass is 302 g/mol. The molecule has 0 radical (unpaired) electrons. The van der Waals surface area contributed by atoms with Crippen molar-refractivity contribution >= 4 is 7.60 Å². The molecule has 0 unspecified atom stereocenters. The second-order valence-corrected chi connectivity index (χ2v) is 6.27. The van der Waals surface area contributed by atoms with E-state index < -0.39 is 7.60 Å². The zero-order valence-corrected chi connectivity index (χ0v) is 13.7. The zero-order valence-electron chi connectivity index (χ0n) is 12.8. The molecule has 0 fully saturated rings. The summed E-state index contributed by atoms with van der Waals surface area (Å²) < 4.78 is 33.8. The number of methoxy groups -OCH3 is 2. The van der Waals surface area contributed by atoms with Crippen LogP contribution in [-0.2, 0) is 19.8 Å². The minimum absolute atomic E-state index is 0.202. The van der Waals surface area contributed by atoms with Crippen molar-refractivity contribution in [2.75, 3.05) is 27.4 Å². The first kappa shape index (κ1) is 17.0. The summed E-state index contributed by atoms with van der Waals surface area (Å²) in [6.07, 6.45) is 0.202. The molecule has 1 aromatic carbocycles. The Hall–Kier alpha value is -1.03. The van der Waals surface area contributed by atoms with E-state index in [1.165, 1.54) is 0 Å². The molecule has 6 heteroatoms. The van der Waals surface area contributed by atoms with Crippen LogP contribution < -0.4 is 9.47 Å². The molecule has 0 N–H and O–H groups in total. The third kappa shape index (κ3) is 4.23. The third-order valence-electron chi connectivity index (χ3n) is 2.91. The largest absolute Gasteiger partial charge is 0.497 e. The van der Waals surface area contributed by atoms with Crippen LogP contribution in [0.4, 0.5) is 0 Å². The van der Waals surface area contributed by atoms with E-state index in [0.29, 0.717) is 24.7 Å². The number of hydrogen-bond donors (Lipinski definition) is 0. The Balaban J connectivity index is 3.14. The van der Waals surface area contributed by atoms with Gasteiger partial charge in [-0.25, -0.2) is 0 Å². The predicted molar refractivity (Wildman–Crippen MR) is 78.8 cm³/mol. The normalized spacial score (nSPS) is 11.4. The molecule has 5 nitrogen and oxygen atoms in total. The number of benzene rings is 1. The zero-order chi connectivity index (χ0) is 15.2. The van der Waals surface area contributed by atoms with Gasteiger partial charge in [0, 0.05) is 6.07 Å². The van der Waals surface area contributed by atoms with Gasteiger partial charge in [-0.3, -0.25) is 4.57 Å². The second-order valence-electron chi connectivity index (χ2n) is 4.22. The molecule has 20 heavy (non-hydrogen) atoms. The van der Waals surface area contributed by atoms with Crippen LogP contribution in [0.1, 0.15) is 25.0 Å². The molecular weight excluding hydrogens is 279 g/mol. The minimum Gasteiger partial charge on any atom is -0.497 e. The van der Waals surface area contributed by atoms with E-state index in [1.807, 2.05) is 13.0 Å². The average Bonchev–Trinajstić information content (AvgIpc) is 2.41. The van der Waals surface area contributed by atoms with Crippen molar-refractivity contribution in [2.24, 2.45) is 0 Å². The van der Waals surface area contributed by atoms with Crippen LogP contribution in [0.5, 0.6) is 11.5 Å². The molecule has 0 bridgehead atoms. The summed E-state index contributed by atoms with van der Waals surface area (Å²) >= 11 is 0. The number of ether oxygens (including phenoxy) is 2. The Morgan fingerprint density at radius 3 is 2.10 bits per heavy atom. The molecule has 0 atom stereocenters. The maximum atomic E-state index is 12.6. The van der Waals surface area contributed by atoms with E-state index in [1.54, 1.807) is 34.1 Å². The Morgan fingerprint density at radius 2 is 1.65 bits per heavy atom. The molecule has 0 amide bonds. The SMILES string of the molecule is CCOP(=O)(Cc1cc(OC)cc(OC)c1C)OCC. The van der Waals surface area contributed by atoms with Gasteiger partial charge in [0.1, 0.15) is 11.5 Å². The molecule has 1 rings (SSSR count). The van der Waals surface area contributed by atoms with E-state index in [9.17, 15) is 4.57 Å². The fourth-order valence-corrected chi connectivity index (χ4v) is 3.73. The highest BCUT2D eigenvalue weighted by Crippen LogP contribution is 2.52. The van der Waals surface area contributed by atoms with Gasteiger partial charge in [0.05, 0.1) is 33.6 Å². The topological polar surface area (TPSA) is 54.0 Å². The van der Waals surface area contributed by atoms with Crippen molar-refractivity contribution in [1.82, 2.24) is 0 Å². The van der Waals surface area contributed by atoms with Gasteiger partial charge in [0.15, 0.2) is 0 Å². The van der Waals surface area contributed by atoms with Gasteiger partial charge in [-0.2, -0.15) is 0 Å². The summed E-state index contributed by atoms with van der Waals surface area (Å²) in [7, 11) is 0.0354. The Morgan fingerprint density at radius 1 is 1.05 bits per heavy atom. The van der Waals surface area contributed by atoms with E-state index in [0.717, 1.165) is 11.1 Å². The van der Waals surface area contributed by atoms with Crippen LogP contribution in [0.15, 0.2) is 12.1 Å². The lowest BCUT2D eigenvalue weighted by molar-refractivity contribution is 0.219. The van der Waals surface area contributed by atoms with E-state index in [4.69, 9.17) is 18.5 Å². The van der Waals surface area contributed by atoms with Crippen molar-refractivity contribution < 1.29 is 23.1 Å². The minimum atomic E-state index is -3.14. The van der Waals surface area contributed by atoms with Gasteiger partial charge in [-0.15, -0.1) is 0 Å². The summed E-state index contributed by atoms with van der Waals surface area (Å²) in [5, 5.41) is 0. The summed E-state index contributed by atoms with van der Waals surface area (Å²) in [5.74, 6) is 1.35. The van der Waals surface area contributed by atoms with Gasteiger partial charge in [0.2, 0.25) is 0 Å². The van der Waals surface area contributed by atoms with Gasteiger partial charge < -0.3 is 18.5 Å². The lowest BCUT2D eigenvalue weighted by Gasteiger charge is -2.19. The van der Waals surface area contributed by atoms with Crippen molar-refractivity contribution in [3.63, 3.8) is 0 Å². The number of rotatable bonds is 8. The molecule has 0 aromatic heterocycles. The molecule has 0 aliphatic rings. The Kier molecular flexibility index (Phi) is 6.53. The van der Waals surface area contributed by atoms with Crippen molar-refractivity contribution in [1.29, 1.82) is 0 Å². The first-order valence-electron chi connectivity index (χ1n) is 6.59. The lowest BCUT2D eigenvalue weighted by Crippen LogP contribution is -2.02. The van der Waals surface area contributed by atoms with Crippen LogP contribution >= 0.6 is 7.60 Å². The molecule has 0 saturated carbocycles. The fraction of sp³-hybridized carbons (Fsp3) is 0.571. The van der Waals surface area contributed by atoms with Crippen LogP contribution in [0.25, 0.3) is 0 Å². The van der Waals surface area contributed by atoms with Gasteiger partial charge in [-0.1, -0.05) is 0 Å². The molecule has 0 aliphatic heterocycles. The summed E-state index contributed by atoms with van der Waals surface area (Å²) in [6, 6.07) is 3.63. The first-order valence-corrected chi connectivity index (χ1v) is 8.32. The van der Waals surface area contributed by atoms with Gasteiger partial charge in [0.25, 0.3) is 0 Å². The third-order valence-corrected chi connectivity index (χ3v) is 4.94. The number of hydrogen-bond acceptors (Lipinski definition) is 5. The van der Waals surface area contributed by atoms with Crippen LogP contribution in [0.2, 0.25) is 0 Å². The molecule has 0 spiro atoms.